The van der Waals surface area contributed by atoms with Crippen molar-refractivity contribution in [1.82, 2.24) is 15.5 Å². The molecular formula is C21H29N3OS2. The molecular weight excluding hydrogens is 374 g/mol. The zero-order chi connectivity index (χ0) is 18.9. The molecule has 1 aromatic carbocycles. The highest BCUT2D eigenvalue weighted by Gasteiger charge is 2.16. The van der Waals surface area contributed by atoms with Gasteiger partial charge in [0.05, 0.1) is 19.3 Å². The summed E-state index contributed by atoms with van der Waals surface area (Å²) in [5.74, 6) is 0. The van der Waals surface area contributed by atoms with Crippen molar-refractivity contribution in [2.75, 3.05) is 39.4 Å². The van der Waals surface area contributed by atoms with Crippen molar-refractivity contribution in [3.63, 3.8) is 0 Å². The molecule has 1 atom stereocenters. The largest absolute Gasteiger partial charge is 0.379 e. The van der Waals surface area contributed by atoms with Crippen LogP contribution >= 0.6 is 23.6 Å². The molecule has 1 aliphatic rings. The van der Waals surface area contributed by atoms with Crippen LogP contribution in [0, 0.1) is 0 Å². The SMILES string of the molecule is CCc1ccc([C@@H](NC(=S)NCCCN2CCOCC2)c2cccs2)cc1. The van der Waals surface area contributed by atoms with Crippen molar-refractivity contribution >= 4 is 28.7 Å². The maximum Gasteiger partial charge on any atom is 0.167 e. The van der Waals surface area contributed by atoms with Crippen LogP contribution in [0.5, 0.6) is 0 Å². The van der Waals surface area contributed by atoms with Gasteiger partial charge in [0.15, 0.2) is 5.11 Å². The summed E-state index contributed by atoms with van der Waals surface area (Å²) in [5, 5.41) is 9.71. The zero-order valence-corrected chi connectivity index (χ0v) is 17.6. The summed E-state index contributed by atoms with van der Waals surface area (Å²) >= 11 is 7.33. The van der Waals surface area contributed by atoms with E-state index in [0.717, 1.165) is 57.3 Å². The summed E-state index contributed by atoms with van der Waals surface area (Å²) in [6, 6.07) is 13.2. The molecule has 0 bridgehead atoms. The molecule has 2 N–H and O–H groups in total. The first-order valence-corrected chi connectivity index (χ1v) is 11.0. The fourth-order valence-electron chi connectivity index (χ4n) is 3.23. The molecule has 0 aliphatic carbocycles. The highest BCUT2D eigenvalue weighted by molar-refractivity contribution is 7.80. The van der Waals surface area contributed by atoms with Crippen LogP contribution in [-0.2, 0) is 11.2 Å². The molecule has 1 aliphatic heterocycles. The molecule has 1 saturated heterocycles. The van der Waals surface area contributed by atoms with Crippen LogP contribution in [0.25, 0.3) is 0 Å². The summed E-state index contributed by atoms with van der Waals surface area (Å²) in [6.07, 6.45) is 2.14. The number of nitrogens with one attached hydrogen (secondary N) is 2. The van der Waals surface area contributed by atoms with Crippen LogP contribution in [0.15, 0.2) is 41.8 Å². The molecule has 3 rings (SSSR count). The first kappa shape index (κ1) is 20.3. The van der Waals surface area contributed by atoms with E-state index in [1.54, 1.807) is 11.3 Å². The number of hydrogen-bond donors (Lipinski definition) is 2. The van der Waals surface area contributed by atoms with Crippen LogP contribution in [0.1, 0.15) is 35.4 Å². The lowest BCUT2D eigenvalue weighted by molar-refractivity contribution is 0.0376. The van der Waals surface area contributed by atoms with Gasteiger partial charge in [0.2, 0.25) is 0 Å². The van der Waals surface area contributed by atoms with E-state index in [0.29, 0.717) is 0 Å². The van der Waals surface area contributed by atoms with Crippen molar-refractivity contribution in [1.29, 1.82) is 0 Å². The van der Waals surface area contributed by atoms with E-state index in [9.17, 15) is 0 Å². The molecule has 4 nitrogen and oxygen atoms in total. The van der Waals surface area contributed by atoms with Crippen molar-refractivity contribution in [2.45, 2.75) is 25.8 Å². The van der Waals surface area contributed by atoms with Gasteiger partial charge in [-0.25, -0.2) is 0 Å². The number of morpholine rings is 1. The van der Waals surface area contributed by atoms with E-state index in [-0.39, 0.29) is 6.04 Å². The Balaban J connectivity index is 1.51. The van der Waals surface area contributed by atoms with Crippen LogP contribution < -0.4 is 10.6 Å². The standard InChI is InChI=1S/C21H29N3OS2/c1-2-17-6-8-18(9-7-17)20(19-5-3-16-27-19)23-21(26)22-10-4-11-24-12-14-25-15-13-24/h3,5-9,16,20H,2,4,10-15H2,1H3,(H2,22,23,26)/t20-/m1/s1. The van der Waals surface area contributed by atoms with Crippen LogP contribution in [-0.4, -0.2) is 49.4 Å². The lowest BCUT2D eigenvalue weighted by Gasteiger charge is -2.26. The number of rotatable bonds is 8. The van der Waals surface area contributed by atoms with Gasteiger partial charge in [-0.3, -0.25) is 4.90 Å². The molecule has 6 heteroatoms. The Hall–Kier alpha value is -1.47. The van der Waals surface area contributed by atoms with Crippen LogP contribution in [0.4, 0.5) is 0 Å². The third-order valence-corrected chi connectivity index (χ3v) is 6.06. The molecule has 0 amide bonds. The topological polar surface area (TPSA) is 36.5 Å². The summed E-state index contributed by atoms with van der Waals surface area (Å²) in [4.78, 5) is 3.72. The third kappa shape index (κ3) is 6.28. The minimum Gasteiger partial charge on any atom is -0.379 e. The maximum atomic E-state index is 5.57. The van der Waals surface area contributed by atoms with Crippen molar-refractivity contribution in [3.8, 4) is 0 Å². The van der Waals surface area contributed by atoms with Gasteiger partial charge in [-0.2, -0.15) is 0 Å². The molecule has 0 radical (unpaired) electrons. The van der Waals surface area contributed by atoms with E-state index in [2.05, 4.69) is 64.2 Å². The second-order valence-electron chi connectivity index (χ2n) is 6.75. The van der Waals surface area contributed by atoms with Crippen molar-refractivity contribution in [3.05, 3.63) is 57.8 Å². The smallest absolute Gasteiger partial charge is 0.167 e. The lowest BCUT2D eigenvalue weighted by Crippen LogP contribution is -2.40. The Morgan fingerprint density at radius 3 is 2.67 bits per heavy atom. The van der Waals surface area contributed by atoms with Gasteiger partial charge in [0, 0.05) is 24.5 Å². The monoisotopic (exact) mass is 403 g/mol. The molecule has 0 saturated carbocycles. The maximum absolute atomic E-state index is 5.57. The molecule has 1 aromatic heterocycles. The minimum atomic E-state index is 0.0927. The predicted octanol–water partition coefficient (Wildman–Crippen LogP) is 3.59. The first-order valence-electron chi connectivity index (χ1n) is 9.73. The molecule has 2 aromatic rings. The fourth-order valence-corrected chi connectivity index (χ4v) is 4.25. The van der Waals surface area contributed by atoms with Gasteiger partial charge >= 0.3 is 0 Å². The van der Waals surface area contributed by atoms with E-state index in [1.165, 1.54) is 16.0 Å². The number of nitrogens with zero attached hydrogens (tertiary/aromatic N) is 1. The summed E-state index contributed by atoms with van der Waals surface area (Å²) in [6.45, 7) is 7.94. The summed E-state index contributed by atoms with van der Waals surface area (Å²) in [5.41, 5.74) is 2.60. The number of aryl methyl sites for hydroxylation is 1. The molecule has 27 heavy (non-hydrogen) atoms. The van der Waals surface area contributed by atoms with Gasteiger partial charge < -0.3 is 15.4 Å². The Morgan fingerprint density at radius 1 is 1.22 bits per heavy atom. The third-order valence-electron chi connectivity index (χ3n) is 4.86. The van der Waals surface area contributed by atoms with E-state index in [1.807, 2.05) is 0 Å². The van der Waals surface area contributed by atoms with Gasteiger partial charge in [-0.1, -0.05) is 37.3 Å². The second kappa shape index (κ2) is 10.8. The Labute approximate surface area is 171 Å². The molecule has 2 heterocycles. The quantitative estimate of drug-likeness (QED) is 0.520. The number of thiophene rings is 1. The average molecular weight is 404 g/mol. The Kier molecular flexibility index (Phi) is 8.08. The van der Waals surface area contributed by atoms with Gasteiger partial charge in [0.25, 0.3) is 0 Å². The number of benzene rings is 1. The predicted molar refractivity (Wildman–Crippen MR) is 118 cm³/mol. The normalized spacial score (nSPS) is 16.0. The zero-order valence-electron chi connectivity index (χ0n) is 15.9. The Bertz CT molecular complexity index is 682. The molecule has 1 fully saturated rings. The average Bonchev–Trinajstić information content (AvgIpc) is 3.25. The highest BCUT2D eigenvalue weighted by atomic mass is 32.1. The molecule has 0 unspecified atom stereocenters. The molecule has 146 valence electrons. The van der Waals surface area contributed by atoms with Gasteiger partial charge in [0.1, 0.15) is 0 Å². The lowest BCUT2D eigenvalue weighted by atomic mass is 10.0. The fraction of sp³-hybridized carbons (Fsp3) is 0.476. The second-order valence-corrected chi connectivity index (χ2v) is 8.14. The van der Waals surface area contributed by atoms with E-state index < -0.39 is 0 Å². The van der Waals surface area contributed by atoms with Gasteiger partial charge in [-0.05, 0) is 54.2 Å². The van der Waals surface area contributed by atoms with Crippen LogP contribution in [0.3, 0.4) is 0 Å². The summed E-state index contributed by atoms with van der Waals surface area (Å²) < 4.78 is 5.39. The van der Waals surface area contributed by atoms with Crippen molar-refractivity contribution < 1.29 is 4.74 Å². The van der Waals surface area contributed by atoms with Gasteiger partial charge in [-0.15, -0.1) is 11.3 Å². The van der Waals surface area contributed by atoms with E-state index >= 15 is 0 Å². The minimum absolute atomic E-state index is 0.0927. The number of thiocarbonyl (C=S) groups is 1. The summed E-state index contributed by atoms with van der Waals surface area (Å²) in [7, 11) is 0. The number of ether oxygens (including phenoxy) is 1. The Morgan fingerprint density at radius 2 is 2.00 bits per heavy atom. The molecule has 0 spiro atoms. The number of hydrogen-bond acceptors (Lipinski definition) is 4. The van der Waals surface area contributed by atoms with E-state index in [4.69, 9.17) is 17.0 Å². The van der Waals surface area contributed by atoms with Crippen LogP contribution in [0.2, 0.25) is 0 Å². The first-order chi connectivity index (χ1) is 13.3. The highest BCUT2D eigenvalue weighted by Crippen LogP contribution is 2.26. The van der Waals surface area contributed by atoms with Crippen molar-refractivity contribution in [2.24, 2.45) is 0 Å².